The minimum absolute atomic E-state index is 0.0380. The molecule has 0 spiro atoms. The maximum atomic E-state index is 11.7. The number of aliphatic hydroxyl groups is 1. The molecule has 0 saturated carbocycles. The van der Waals surface area contributed by atoms with Gasteiger partial charge in [0, 0.05) is 12.3 Å². The number of ether oxygens (including phenoxy) is 2. The summed E-state index contributed by atoms with van der Waals surface area (Å²) >= 11 is 2.16. The van der Waals surface area contributed by atoms with E-state index >= 15 is 0 Å². The molecule has 1 aromatic heterocycles. The van der Waals surface area contributed by atoms with E-state index in [2.05, 4.69) is 27.6 Å². The first kappa shape index (κ1) is 12.3. The first-order valence-corrected chi connectivity index (χ1v) is 6.68. The molecule has 2 N–H and O–H groups in total. The number of nitrogens with zero attached hydrogens (tertiary/aromatic N) is 1. The molecule has 1 unspecified atom stereocenters. The van der Waals surface area contributed by atoms with Gasteiger partial charge in [-0.3, -0.25) is 14.3 Å². The van der Waals surface area contributed by atoms with Crippen LogP contribution in [-0.2, 0) is 9.47 Å². The van der Waals surface area contributed by atoms with E-state index in [1.165, 1.54) is 16.8 Å². The predicted octanol–water partition coefficient (Wildman–Crippen LogP) is -1.00. The molecule has 7 nitrogen and oxygen atoms in total. The summed E-state index contributed by atoms with van der Waals surface area (Å²) < 4.78 is 12.6. The maximum absolute atomic E-state index is 11.7. The van der Waals surface area contributed by atoms with Crippen molar-refractivity contribution in [1.29, 1.82) is 0 Å². The number of alkyl halides is 1. The summed E-state index contributed by atoms with van der Waals surface area (Å²) in [5.41, 5.74) is -1.76. The Morgan fingerprint density at radius 1 is 1.61 bits per heavy atom. The Balaban J connectivity index is 2.01. The molecule has 98 valence electrons. The summed E-state index contributed by atoms with van der Waals surface area (Å²) in [6.45, 7) is 0.155. The summed E-state index contributed by atoms with van der Waals surface area (Å²) in [6, 6.07) is 1.25. The molecular formula is C10H11IN2O5. The molecular weight excluding hydrogens is 355 g/mol. The highest BCUT2D eigenvalue weighted by Crippen LogP contribution is 2.48. The topological polar surface area (TPSA) is 93.5 Å². The maximum Gasteiger partial charge on any atom is 0.330 e. The molecule has 1 aromatic rings. The Morgan fingerprint density at radius 3 is 3.00 bits per heavy atom. The number of H-pyrrole nitrogens is 1. The monoisotopic (exact) mass is 366 g/mol. The molecule has 2 bridgehead atoms. The summed E-state index contributed by atoms with van der Waals surface area (Å²) in [5.74, 6) is 0. The number of hydrogen-bond donors (Lipinski definition) is 2. The molecule has 2 fully saturated rings. The van der Waals surface area contributed by atoms with Crippen LogP contribution < -0.4 is 11.2 Å². The van der Waals surface area contributed by atoms with Gasteiger partial charge < -0.3 is 14.6 Å². The average molecular weight is 366 g/mol. The molecule has 0 radical (unpaired) electrons. The van der Waals surface area contributed by atoms with Gasteiger partial charge in [-0.25, -0.2) is 4.79 Å². The van der Waals surface area contributed by atoms with Crippen LogP contribution in [0, 0.1) is 0 Å². The van der Waals surface area contributed by atoms with Crippen molar-refractivity contribution in [2.45, 2.75) is 21.9 Å². The van der Waals surface area contributed by atoms with E-state index in [9.17, 15) is 14.7 Å². The molecule has 0 aliphatic carbocycles. The van der Waals surface area contributed by atoms with E-state index in [0.717, 1.165) is 0 Å². The molecule has 3 heterocycles. The normalized spacial score (nSPS) is 38.2. The minimum Gasteiger partial charge on any atom is -0.393 e. The summed E-state index contributed by atoms with van der Waals surface area (Å²) in [5, 5.41) is 9.44. The van der Waals surface area contributed by atoms with Crippen LogP contribution in [0.3, 0.4) is 0 Å². The fraction of sp³-hybridized carbons (Fsp3) is 0.600. The number of fused-ring (bicyclic) bond motifs is 2. The first-order chi connectivity index (χ1) is 8.57. The summed E-state index contributed by atoms with van der Waals surface area (Å²) in [7, 11) is 0. The average Bonchev–Trinajstić information content (AvgIpc) is 2.81. The third-order valence-corrected chi connectivity index (χ3v) is 5.18. The molecule has 0 amide bonds. The van der Waals surface area contributed by atoms with Gasteiger partial charge in [0.05, 0.1) is 17.1 Å². The van der Waals surface area contributed by atoms with E-state index in [1.807, 2.05) is 0 Å². The van der Waals surface area contributed by atoms with Crippen LogP contribution in [0.5, 0.6) is 0 Å². The smallest absolute Gasteiger partial charge is 0.330 e. The van der Waals surface area contributed by atoms with Crippen molar-refractivity contribution < 1.29 is 14.6 Å². The third kappa shape index (κ3) is 1.59. The zero-order chi connectivity index (χ0) is 12.9. The van der Waals surface area contributed by atoms with Crippen molar-refractivity contribution in [3.63, 3.8) is 0 Å². The van der Waals surface area contributed by atoms with Gasteiger partial charge in [-0.1, -0.05) is 22.6 Å². The Morgan fingerprint density at radius 2 is 2.39 bits per heavy atom. The van der Waals surface area contributed by atoms with E-state index in [0.29, 0.717) is 6.61 Å². The highest BCUT2D eigenvalue weighted by molar-refractivity contribution is 14.1. The lowest BCUT2D eigenvalue weighted by Gasteiger charge is -2.29. The van der Waals surface area contributed by atoms with Crippen LogP contribution in [0.2, 0.25) is 0 Å². The minimum atomic E-state index is -0.758. The van der Waals surface area contributed by atoms with E-state index in [4.69, 9.17) is 9.47 Å². The van der Waals surface area contributed by atoms with Gasteiger partial charge in [0.25, 0.3) is 5.56 Å². The zero-order valence-electron chi connectivity index (χ0n) is 9.21. The van der Waals surface area contributed by atoms with Gasteiger partial charge >= 0.3 is 5.69 Å². The molecule has 0 aromatic carbocycles. The van der Waals surface area contributed by atoms with Gasteiger partial charge in [0.15, 0.2) is 6.23 Å². The lowest BCUT2D eigenvalue weighted by Crippen LogP contribution is -2.43. The summed E-state index contributed by atoms with van der Waals surface area (Å²) in [4.78, 5) is 24.9. The molecule has 3 rings (SSSR count). The lowest BCUT2D eigenvalue weighted by molar-refractivity contribution is -0.184. The van der Waals surface area contributed by atoms with Gasteiger partial charge in [-0.05, 0) is 0 Å². The van der Waals surface area contributed by atoms with Crippen LogP contribution in [0.4, 0.5) is 0 Å². The van der Waals surface area contributed by atoms with Gasteiger partial charge in [-0.2, -0.15) is 0 Å². The van der Waals surface area contributed by atoms with E-state index < -0.39 is 23.1 Å². The number of aliphatic hydroxyl groups excluding tert-OH is 1. The second-order valence-electron chi connectivity index (χ2n) is 4.43. The molecule has 2 saturated heterocycles. The second kappa shape index (κ2) is 4.15. The molecule has 18 heavy (non-hydrogen) atoms. The summed E-state index contributed by atoms with van der Waals surface area (Å²) in [6.07, 6.45) is 0.461. The van der Waals surface area contributed by atoms with Gasteiger partial charge in [-0.15, -0.1) is 0 Å². The van der Waals surface area contributed by atoms with Crippen molar-refractivity contribution in [3.05, 3.63) is 33.1 Å². The van der Waals surface area contributed by atoms with Gasteiger partial charge in [0.1, 0.15) is 11.7 Å². The molecule has 2 aliphatic rings. The Bertz CT molecular complexity index is 584. The Labute approximate surface area is 115 Å². The number of rotatable bonds is 2. The molecule has 4 atom stereocenters. The van der Waals surface area contributed by atoms with Crippen molar-refractivity contribution >= 4 is 22.6 Å². The first-order valence-electron chi connectivity index (χ1n) is 5.43. The Kier molecular flexibility index (Phi) is 2.84. The van der Waals surface area contributed by atoms with E-state index in [-0.39, 0.29) is 16.6 Å². The van der Waals surface area contributed by atoms with Crippen LogP contribution in [0.1, 0.15) is 6.23 Å². The standard InChI is InChI=1S/C10H11IN2O5/c11-7-6-8(18-10(7,3-14)4-17-6)13-2-1-5(15)12-9(13)16/h1-2,6-8,14H,3-4H2,(H,12,15,16)/t6-,7?,8+,10-/m0/s1. The third-order valence-electron chi connectivity index (χ3n) is 3.34. The van der Waals surface area contributed by atoms with Gasteiger partial charge in [0.2, 0.25) is 0 Å². The van der Waals surface area contributed by atoms with Crippen LogP contribution in [0.25, 0.3) is 0 Å². The highest BCUT2D eigenvalue weighted by Gasteiger charge is 2.60. The highest BCUT2D eigenvalue weighted by atomic mass is 127. The largest absolute Gasteiger partial charge is 0.393 e. The van der Waals surface area contributed by atoms with Crippen molar-refractivity contribution in [2.75, 3.05) is 13.2 Å². The van der Waals surface area contributed by atoms with E-state index in [1.54, 1.807) is 0 Å². The quantitative estimate of drug-likeness (QED) is 0.518. The number of nitrogens with one attached hydrogen (secondary N) is 1. The van der Waals surface area contributed by atoms with Crippen molar-refractivity contribution in [3.8, 4) is 0 Å². The Hall–Kier alpha value is -0.710. The molecule has 8 heteroatoms. The SMILES string of the molecule is O=c1ccn([C@@H]2O[C@@]3(CO)CO[C@H]2C3I)c(=O)[nH]1. The fourth-order valence-corrected chi connectivity index (χ4v) is 3.43. The van der Waals surface area contributed by atoms with Crippen LogP contribution >= 0.6 is 22.6 Å². The molecule has 2 aliphatic heterocycles. The lowest BCUT2D eigenvalue weighted by atomic mass is 10.0. The number of halogens is 1. The zero-order valence-corrected chi connectivity index (χ0v) is 11.4. The van der Waals surface area contributed by atoms with Crippen LogP contribution in [0.15, 0.2) is 21.9 Å². The van der Waals surface area contributed by atoms with Crippen LogP contribution in [-0.4, -0.2) is 43.5 Å². The van der Waals surface area contributed by atoms with Crippen molar-refractivity contribution in [1.82, 2.24) is 9.55 Å². The number of hydrogen-bond acceptors (Lipinski definition) is 5. The fourth-order valence-electron chi connectivity index (χ4n) is 2.35. The second-order valence-corrected chi connectivity index (χ2v) is 5.77. The van der Waals surface area contributed by atoms with Crippen molar-refractivity contribution in [2.24, 2.45) is 0 Å². The predicted molar refractivity (Wildman–Crippen MR) is 68.8 cm³/mol. The number of aromatic amines is 1. The number of aromatic nitrogens is 2.